The van der Waals surface area contributed by atoms with E-state index in [4.69, 9.17) is 15.2 Å². The molecule has 0 unspecified atom stereocenters. The van der Waals surface area contributed by atoms with Crippen LogP contribution in [0.25, 0.3) is 0 Å². The molecule has 0 saturated heterocycles. The van der Waals surface area contributed by atoms with Gasteiger partial charge >= 0.3 is 0 Å². The number of ether oxygens (including phenoxy) is 2. The lowest BCUT2D eigenvalue weighted by Gasteiger charge is -2.24. The lowest BCUT2D eigenvalue weighted by atomic mass is 10.2. The minimum absolute atomic E-state index is 0.709. The molecule has 4 heteroatoms. The Hall–Kier alpha value is -1.42. The van der Waals surface area contributed by atoms with Crippen LogP contribution in [0.4, 0.5) is 11.4 Å². The highest BCUT2D eigenvalue weighted by Gasteiger charge is 2.09. The van der Waals surface area contributed by atoms with Crippen molar-refractivity contribution in [2.75, 3.05) is 44.0 Å². The maximum absolute atomic E-state index is 5.99. The molecule has 1 rings (SSSR count). The van der Waals surface area contributed by atoms with E-state index in [0.29, 0.717) is 6.61 Å². The molecule has 0 fully saturated rings. The Labute approximate surface area is 103 Å². The second-order valence-corrected chi connectivity index (χ2v) is 3.70. The third kappa shape index (κ3) is 3.82. The lowest BCUT2D eigenvalue weighted by molar-refractivity contribution is 0.154. The molecule has 2 N–H and O–H groups in total. The van der Waals surface area contributed by atoms with Crippen LogP contribution in [0.1, 0.15) is 13.8 Å². The number of nitrogens with zero attached hydrogens (tertiary/aromatic N) is 1. The molecule has 0 spiro atoms. The van der Waals surface area contributed by atoms with E-state index in [1.54, 1.807) is 7.11 Å². The maximum atomic E-state index is 5.99. The summed E-state index contributed by atoms with van der Waals surface area (Å²) in [6.45, 7) is 7.28. The summed E-state index contributed by atoms with van der Waals surface area (Å²) in [6, 6.07) is 5.71. The molecule has 0 saturated carbocycles. The molecular formula is C13H22N2O2. The van der Waals surface area contributed by atoms with Crippen LogP contribution in [-0.2, 0) is 4.74 Å². The smallest absolute Gasteiger partial charge is 0.121 e. The van der Waals surface area contributed by atoms with Crippen LogP contribution in [0.2, 0.25) is 0 Å². The van der Waals surface area contributed by atoms with E-state index in [-0.39, 0.29) is 0 Å². The summed E-state index contributed by atoms with van der Waals surface area (Å²) in [5.74, 6) is 0.823. The minimum Gasteiger partial charge on any atom is -0.497 e. The van der Waals surface area contributed by atoms with Crippen LogP contribution in [0, 0.1) is 0 Å². The number of anilines is 2. The Balaban J connectivity index is 2.78. The highest BCUT2D eigenvalue weighted by Crippen LogP contribution is 2.27. The van der Waals surface area contributed by atoms with Crippen LogP contribution in [0.15, 0.2) is 18.2 Å². The molecular weight excluding hydrogens is 216 g/mol. The second-order valence-electron chi connectivity index (χ2n) is 3.70. The zero-order chi connectivity index (χ0) is 12.7. The van der Waals surface area contributed by atoms with Crippen molar-refractivity contribution >= 4 is 11.4 Å². The molecule has 1 aromatic rings. The maximum Gasteiger partial charge on any atom is 0.121 e. The van der Waals surface area contributed by atoms with Crippen molar-refractivity contribution in [1.82, 2.24) is 0 Å². The van der Waals surface area contributed by atoms with Crippen LogP contribution in [0.5, 0.6) is 5.75 Å². The SMILES string of the molecule is CCOCCN(CC)c1cc(OC)ccc1N. The zero-order valence-electron chi connectivity index (χ0n) is 10.9. The molecule has 0 amide bonds. The molecule has 0 atom stereocenters. The molecule has 0 aliphatic rings. The molecule has 0 aliphatic heterocycles. The average Bonchev–Trinajstić information content (AvgIpc) is 2.36. The van der Waals surface area contributed by atoms with Gasteiger partial charge in [0.05, 0.1) is 25.1 Å². The Morgan fingerprint density at radius 2 is 2.06 bits per heavy atom. The predicted molar refractivity (Wildman–Crippen MR) is 71.8 cm³/mol. The van der Waals surface area contributed by atoms with Gasteiger partial charge in [-0.1, -0.05) is 0 Å². The number of rotatable bonds is 7. The van der Waals surface area contributed by atoms with Crippen molar-refractivity contribution in [3.8, 4) is 5.75 Å². The van der Waals surface area contributed by atoms with Gasteiger partial charge < -0.3 is 20.1 Å². The number of hydrogen-bond donors (Lipinski definition) is 1. The van der Waals surface area contributed by atoms with Crippen molar-refractivity contribution in [2.24, 2.45) is 0 Å². The average molecular weight is 238 g/mol. The van der Waals surface area contributed by atoms with Crippen molar-refractivity contribution < 1.29 is 9.47 Å². The number of benzene rings is 1. The fourth-order valence-electron chi connectivity index (χ4n) is 1.69. The van der Waals surface area contributed by atoms with Crippen LogP contribution in [-0.4, -0.2) is 33.4 Å². The summed E-state index contributed by atoms with van der Waals surface area (Å²) < 4.78 is 10.6. The van der Waals surface area contributed by atoms with Gasteiger partial charge in [0.1, 0.15) is 5.75 Å². The third-order valence-electron chi connectivity index (χ3n) is 2.67. The summed E-state index contributed by atoms with van der Waals surface area (Å²) >= 11 is 0. The predicted octanol–water partition coefficient (Wildman–Crippen LogP) is 2.14. The largest absolute Gasteiger partial charge is 0.497 e. The Kier molecular flexibility index (Phi) is 5.63. The van der Waals surface area contributed by atoms with Gasteiger partial charge in [0.2, 0.25) is 0 Å². The van der Waals surface area contributed by atoms with Gasteiger partial charge in [0.15, 0.2) is 0 Å². The first-order valence-corrected chi connectivity index (χ1v) is 5.99. The monoisotopic (exact) mass is 238 g/mol. The fourth-order valence-corrected chi connectivity index (χ4v) is 1.69. The summed E-state index contributed by atoms with van der Waals surface area (Å²) in [7, 11) is 1.66. The van der Waals surface area contributed by atoms with E-state index in [9.17, 15) is 0 Å². The van der Waals surface area contributed by atoms with E-state index < -0.39 is 0 Å². The Morgan fingerprint density at radius 3 is 2.65 bits per heavy atom. The number of hydrogen-bond acceptors (Lipinski definition) is 4. The summed E-state index contributed by atoms with van der Waals surface area (Å²) in [5, 5.41) is 0. The minimum atomic E-state index is 0.709. The van der Waals surface area contributed by atoms with Gasteiger partial charge in [0.25, 0.3) is 0 Å². The molecule has 0 aliphatic carbocycles. The van der Waals surface area contributed by atoms with Crippen molar-refractivity contribution in [3.63, 3.8) is 0 Å². The normalized spacial score (nSPS) is 10.3. The van der Waals surface area contributed by atoms with E-state index in [1.807, 2.05) is 25.1 Å². The molecule has 4 nitrogen and oxygen atoms in total. The van der Waals surface area contributed by atoms with Crippen LogP contribution in [0.3, 0.4) is 0 Å². The van der Waals surface area contributed by atoms with Gasteiger partial charge in [-0.05, 0) is 26.0 Å². The topological polar surface area (TPSA) is 47.7 Å². The summed E-state index contributed by atoms with van der Waals surface area (Å²) in [6.07, 6.45) is 0. The highest BCUT2D eigenvalue weighted by atomic mass is 16.5. The van der Waals surface area contributed by atoms with E-state index in [0.717, 1.165) is 36.8 Å². The lowest BCUT2D eigenvalue weighted by Crippen LogP contribution is -2.27. The molecule has 0 radical (unpaired) electrons. The van der Waals surface area contributed by atoms with Crippen molar-refractivity contribution in [3.05, 3.63) is 18.2 Å². The number of nitrogens with two attached hydrogens (primary N) is 1. The fraction of sp³-hybridized carbons (Fsp3) is 0.538. The molecule has 0 aromatic heterocycles. The van der Waals surface area contributed by atoms with E-state index >= 15 is 0 Å². The first-order valence-electron chi connectivity index (χ1n) is 5.99. The zero-order valence-corrected chi connectivity index (χ0v) is 10.9. The third-order valence-corrected chi connectivity index (χ3v) is 2.67. The van der Waals surface area contributed by atoms with Crippen LogP contribution < -0.4 is 15.4 Å². The highest BCUT2D eigenvalue weighted by molar-refractivity contribution is 5.69. The van der Waals surface area contributed by atoms with E-state index in [1.165, 1.54) is 0 Å². The van der Waals surface area contributed by atoms with Crippen molar-refractivity contribution in [1.29, 1.82) is 0 Å². The van der Waals surface area contributed by atoms with E-state index in [2.05, 4.69) is 11.8 Å². The number of likely N-dealkylation sites (N-methyl/N-ethyl adjacent to an activating group) is 1. The van der Waals surface area contributed by atoms with Crippen molar-refractivity contribution in [2.45, 2.75) is 13.8 Å². The summed E-state index contributed by atoms with van der Waals surface area (Å²) in [4.78, 5) is 2.19. The molecule has 1 aromatic carbocycles. The number of methoxy groups -OCH3 is 1. The first-order chi connectivity index (χ1) is 8.22. The quantitative estimate of drug-likeness (QED) is 0.584. The number of nitrogen functional groups attached to an aromatic ring is 1. The van der Waals surface area contributed by atoms with Crippen LogP contribution >= 0.6 is 0 Å². The Morgan fingerprint density at radius 1 is 1.29 bits per heavy atom. The van der Waals surface area contributed by atoms with Gasteiger partial charge in [-0.15, -0.1) is 0 Å². The van der Waals surface area contributed by atoms with Gasteiger partial charge in [-0.2, -0.15) is 0 Å². The Bertz CT molecular complexity index is 342. The van der Waals surface area contributed by atoms with Gasteiger partial charge in [0, 0.05) is 25.8 Å². The molecule has 0 bridgehead atoms. The molecule has 96 valence electrons. The molecule has 0 heterocycles. The van der Waals surface area contributed by atoms with Gasteiger partial charge in [-0.25, -0.2) is 0 Å². The standard InChI is InChI=1S/C13H22N2O2/c1-4-15(8-9-17-5-2)13-10-11(16-3)6-7-12(13)14/h6-7,10H,4-5,8-9,14H2,1-3H3. The summed E-state index contributed by atoms with van der Waals surface area (Å²) in [5.41, 5.74) is 7.76. The molecule has 17 heavy (non-hydrogen) atoms. The van der Waals surface area contributed by atoms with Gasteiger partial charge in [-0.3, -0.25) is 0 Å². The second kappa shape index (κ2) is 7.01. The first kappa shape index (κ1) is 13.6.